The Balaban J connectivity index is 0.00000253. The number of rotatable bonds is 4. The van der Waals surface area contributed by atoms with Crippen molar-refractivity contribution in [2.75, 3.05) is 7.11 Å². The second kappa shape index (κ2) is 8.97. The van der Waals surface area contributed by atoms with Gasteiger partial charge >= 0.3 is 0 Å². The van der Waals surface area contributed by atoms with Crippen molar-refractivity contribution in [1.29, 1.82) is 0 Å². The molecule has 35 heavy (non-hydrogen) atoms. The van der Waals surface area contributed by atoms with Gasteiger partial charge in [-0.15, -0.1) is 18.2 Å². The number of fused-ring (bicyclic) bond motifs is 4. The number of aromatic hydroxyl groups is 1. The van der Waals surface area contributed by atoms with E-state index in [1.54, 1.807) is 37.6 Å². The largest absolute Gasteiger partial charge is 0.506 e. The number of methoxy groups -OCH3 is 1. The molecule has 0 unspecified atom stereocenters. The molecule has 0 bridgehead atoms. The Hall–Kier alpha value is -4.02. The molecule has 0 fully saturated rings. The Morgan fingerprint density at radius 3 is 2.51 bits per heavy atom. The maximum absolute atomic E-state index is 13.4. The van der Waals surface area contributed by atoms with Crippen molar-refractivity contribution < 1.29 is 35.7 Å². The van der Waals surface area contributed by atoms with Gasteiger partial charge in [-0.25, -0.2) is 4.98 Å². The number of aromatic nitrogens is 3. The monoisotopic (exact) mass is 639 g/mol. The predicted molar refractivity (Wildman–Crippen MR) is 131 cm³/mol. The molecule has 3 aromatic carbocycles. The van der Waals surface area contributed by atoms with E-state index >= 15 is 0 Å². The first-order valence-electron chi connectivity index (χ1n) is 10.7. The van der Waals surface area contributed by atoms with Crippen molar-refractivity contribution >= 4 is 38.5 Å². The van der Waals surface area contributed by atoms with Crippen LogP contribution in [0, 0.1) is 6.07 Å². The number of carbonyl (C=O) groups is 1. The number of hydrogen-bond acceptors (Lipinski definition) is 5. The van der Waals surface area contributed by atoms with E-state index < -0.39 is 0 Å². The summed E-state index contributed by atoms with van der Waals surface area (Å²) < 4.78 is 7.35. The number of phenols is 1. The van der Waals surface area contributed by atoms with Crippen LogP contribution in [0.15, 0.2) is 85.1 Å². The molecule has 6 aromatic rings. The van der Waals surface area contributed by atoms with Crippen LogP contribution in [0.3, 0.4) is 0 Å². The van der Waals surface area contributed by atoms with Gasteiger partial charge in [0, 0.05) is 38.2 Å². The average molecular weight is 640 g/mol. The fourth-order valence-corrected chi connectivity index (χ4v) is 4.37. The van der Waals surface area contributed by atoms with Gasteiger partial charge in [0.2, 0.25) is 0 Å². The summed E-state index contributed by atoms with van der Waals surface area (Å²) in [5.74, 6) is 1.02. The fraction of sp³-hybridized carbons (Fsp3) is 0.0357. The minimum absolute atomic E-state index is 0. The number of hydrogen-bond donors (Lipinski definition) is 1. The molecule has 0 atom stereocenters. The molecule has 0 saturated heterocycles. The molecule has 0 aliphatic rings. The van der Waals surface area contributed by atoms with E-state index in [1.165, 1.54) is 6.07 Å². The first kappa shape index (κ1) is 22.8. The molecule has 3 heterocycles. The molecule has 7 heteroatoms. The van der Waals surface area contributed by atoms with Crippen LogP contribution in [0.4, 0.5) is 0 Å². The van der Waals surface area contributed by atoms with E-state index in [0.717, 1.165) is 27.6 Å². The number of benzene rings is 3. The van der Waals surface area contributed by atoms with Crippen molar-refractivity contribution in [2.24, 2.45) is 0 Å². The minimum Gasteiger partial charge on any atom is -0.506 e. The van der Waals surface area contributed by atoms with E-state index in [1.807, 2.05) is 53.1 Å². The van der Waals surface area contributed by atoms with Crippen LogP contribution in [0.2, 0.25) is 0 Å². The summed E-state index contributed by atoms with van der Waals surface area (Å²) in [7, 11) is 1.55. The molecule has 0 radical (unpaired) electrons. The van der Waals surface area contributed by atoms with Gasteiger partial charge < -0.3 is 19.2 Å². The third-order valence-corrected chi connectivity index (χ3v) is 5.96. The van der Waals surface area contributed by atoms with E-state index in [4.69, 9.17) is 4.74 Å². The summed E-state index contributed by atoms with van der Waals surface area (Å²) in [6.45, 7) is 0. The van der Waals surface area contributed by atoms with Crippen LogP contribution in [0.1, 0.15) is 16.1 Å². The van der Waals surface area contributed by atoms with Crippen LogP contribution < -0.4 is 4.74 Å². The average Bonchev–Trinajstić information content (AvgIpc) is 3.22. The summed E-state index contributed by atoms with van der Waals surface area (Å²) in [6.07, 6.45) is 1.74. The molecule has 0 amide bonds. The Bertz CT molecular complexity index is 1730. The van der Waals surface area contributed by atoms with Crippen molar-refractivity contribution in [3.8, 4) is 17.3 Å². The number of carbonyl (C=O) groups excluding carboxylic acids is 1. The van der Waals surface area contributed by atoms with Crippen molar-refractivity contribution in [1.82, 2.24) is 14.5 Å². The third kappa shape index (κ3) is 3.67. The van der Waals surface area contributed by atoms with Gasteiger partial charge in [0.15, 0.2) is 0 Å². The molecule has 6 rings (SSSR count). The van der Waals surface area contributed by atoms with Gasteiger partial charge in [-0.1, -0.05) is 35.2 Å². The zero-order valence-electron chi connectivity index (χ0n) is 18.5. The molecule has 3 aromatic heterocycles. The van der Waals surface area contributed by atoms with Crippen molar-refractivity contribution in [2.45, 2.75) is 0 Å². The molecule has 1 N–H and O–H groups in total. The SMILES string of the molecule is COc1ccc(O)c2nc(C(=O)c3[c-]c4c(cc3)c3ccccc3n4-c3ccccn3)ccc12.[Pt]. The Labute approximate surface area is 215 Å². The van der Waals surface area contributed by atoms with Crippen LogP contribution >= 0.6 is 0 Å². The molecule has 0 aliphatic carbocycles. The van der Waals surface area contributed by atoms with Gasteiger partial charge in [0.25, 0.3) is 0 Å². The Kier molecular flexibility index (Phi) is 5.83. The second-order valence-electron chi connectivity index (χ2n) is 7.88. The number of ketones is 1. The van der Waals surface area contributed by atoms with Crippen LogP contribution in [-0.2, 0) is 21.1 Å². The normalized spacial score (nSPS) is 11.0. The zero-order valence-corrected chi connectivity index (χ0v) is 20.8. The molecule has 174 valence electrons. The molecule has 0 spiro atoms. The maximum atomic E-state index is 13.4. The smallest absolute Gasteiger partial charge is 0.142 e. The quantitative estimate of drug-likeness (QED) is 0.205. The first-order valence-corrected chi connectivity index (χ1v) is 10.7. The second-order valence-corrected chi connectivity index (χ2v) is 7.88. The zero-order chi connectivity index (χ0) is 23.2. The van der Waals surface area contributed by atoms with Crippen molar-refractivity contribution in [3.05, 3.63) is 102 Å². The van der Waals surface area contributed by atoms with Gasteiger partial charge in [0.05, 0.1) is 12.8 Å². The summed E-state index contributed by atoms with van der Waals surface area (Å²) in [5.41, 5.74) is 2.65. The van der Waals surface area contributed by atoms with E-state index in [9.17, 15) is 9.90 Å². The number of para-hydroxylation sites is 1. The fourth-order valence-electron chi connectivity index (χ4n) is 4.37. The number of phenolic OH excluding ortho intramolecular Hbond substituents is 1. The maximum Gasteiger partial charge on any atom is 0.142 e. The minimum atomic E-state index is -0.288. The summed E-state index contributed by atoms with van der Waals surface area (Å²) in [4.78, 5) is 22.4. The van der Waals surface area contributed by atoms with Crippen LogP contribution in [0.25, 0.3) is 38.5 Å². The standard InChI is InChI=1S/C28H18N3O3.Pt/c1-34-25-14-13-24(32)27-20(25)11-12-21(30-27)28(33)17-9-10-19-18-6-2-3-7-22(18)31(23(19)16-17)26-8-4-5-15-29-26;/h2-15,32H,1H3;/q-1;. The molecule has 0 saturated carbocycles. The summed E-state index contributed by atoms with van der Waals surface area (Å²) in [6, 6.07) is 27.3. The number of nitrogens with zero attached hydrogens (tertiary/aromatic N) is 3. The Morgan fingerprint density at radius 1 is 0.914 bits per heavy atom. The van der Waals surface area contributed by atoms with Crippen LogP contribution in [-0.4, -0.2) is 32.5 Å². The summed E-state index contributed by atoms with van der Waals surface area (Å²) in [5, 5.41) is 13.0. The number of ether oxygens (including phenoxy) is 1. The van der Waals surface area contributed by atoms with Gasteiger partial charge in [0.1, 0.15) is 28.6 Å². The van der Waals surface area contributed by atoms with Crippen molar-refractivity contribution in [3.63, 3.8) is 0 Å². The Morgan fingerprint density at radius 2 is 1.71 bits per heavy atom. The van der Waals surface area contributed by atoms with E-state index in [-0.39, 0.29) is 38.3 Å². The van der Waals surface area contributed by atoms with Gasteiger partial charge in [-0.05, 0) is 53.4 Å². The molecular formula is C28H18N3O3Pt-. The van der Waals surface area contributed by atoms with Crippen LogP contribution in [0.5, 0.6) is 11.5 Å². The molecular weight excluding hydrogens is 621 g/mol. The van der Waals surface area contributed by atoms with Gasteiger partial charge in [-0.2, -0.15) is 0 Å². The van der Waals surface area contributed by atoms with Gasteiger partial charge in [-0.3, -0.25) is 4.98 Å². The van der Waals surface area contributed by atoms with E-state index in [2.05, 4.69) is 16.0 Å². The molecule has 0 aliphatic heterocycles. The summed E-state index contributed by atoms with van der Waals surface area (Å²) >= 11 is 0. The molecule has 6 nitrogen and oxygen atoms in total. The number of pyridine rings is 2. The predicted octanol–water partition coefficient (Wildman–Crippen LogP) is 5.47. The topological polar surface area (TPSA) is 77.2 Å². The third-order valence-electron chi connectivity index (χ3n) is 5.96. The first-order chi connectivity index (χ1) is 16.7. The van der Waals surface area contributed by atoms with E-state index in [0.29, 0.717) is 22.2 Å².